The fourth-order valence-electron chi connectivity index (χ4n) is 4.65. The molecule has 3 aromatic rings. The van der Waals surface area contributed by atoms with Crippen molar-refractivity contribution in [3.63, 3.8) is 0 Å². The number of carbonyl (C=O) groups excluding carboxylic acids is 1. The van der Waals surface area contributed by atoms with E-state index in [2.05, 4.69) is 50.2 Å². The summed E-state index contributed by atoms with van der Waals surface area (Å²) in [6, 6.07) is 14.9. The number of carbonyl (C=O) groups is 3. The van der Waals surface area contributed by atoms with Gasteiger partial charge in [-0.3, -0.25) is 0 Å². The number of carboxylic acid groups (broad SMARTS) is 2. The Labute approximate surface area is 293 Å². The maximum absolute atomic E-state index is 12.4. The van der Waals surface area contributed by atoms with Crippen LogP contribution in [0.15, 0.2) is 48.7 Å². The number of aromatic nitrogens is 2. The first-order valence-electron chi connectivity index (χ1n) is 15.2. The van der Waals surface area contributed by atoms with Crippen molar-refractivity contribution in [3.8, 4) is 0 Å². The second-order valence-electron chi connectivity index (χ2n) is 12.2. The summed E-state index contributed by atoms with van der Waals surface area (Å²) in [5.74, 6) is -4.47. The minimum absolute atomic E-state index is 0.230. The van der Waals surface area contributed by atoms with Gasteiger partial charge in [0.05, 0.1) is 6.20 Å². The third kappa shape index (κ3) is 13.4. The standard InChI is InChI=1S/C28H33ClN6O2.2C2HF3O2/c1-28(2,3)37-27(36)35-12-11-23(17-35)30-15-20-9-10-22-14-19(20)8-7-18-5-4-6-21(13-18)33-26-31-16-24(29)25(32-22)34-26;2*3-2(4,5)1(6)7/h4-6,9-10,13-14,16,23,30H,7-8,11-12,15,17H2,1-3H3,(H2,31,32,33,34);2*(H,6,7)/t23-;;/m0../s1. The summed E-state index contributed by atoms with van der Waals surface area (Å²) in [6.07, 6.45) is -6.11. The maximum Gasteiger partial charge on any atom is 0.490 e. The van der Waals surface area contributed by atoms with Gasteiger partial charge in [0.1, 0.15) is 10.6 Å². The summed E-state index contributed by atoms with van der Waals surface area (Å²) in [7, 11) is 0. The number of anilines is 4. The molecule has 19 heteroatoms. The Balaban J connectivity index is 0.000000424. The smallest absolute Gasteiger partial charge is 0.475 e. The van der Waals surface area contributed by atoms with E-state index in [0.717, 1.165) is 37.2 Å². The number of halogens is 7. The van der Waals surface area contributed by atoms with E-state index in [9.17, 15) is 31.1 Å². The number of likely N-dealkylation sites (tertiary alicyclic amines) is 1. The molecule has 3 heterocycles. The lowest BCUT2D eigenvalue weighted by molar-refractivity contribution is -0.193. The van der Waals surface area contributed by atoms with E-state index in [1.165, 1.54) is 16.7 Å². The number of aryl methyl sites for hydroxylation is 2. The number of amides is 1. The number of hydrogen-bond acceptors (Lipinski definition) is 9. The van der Waals surface area contributed by atoms with Gasteiger partial charge in [-0.25, -0.2) is 19.4 Å². The zero-order valence-electron chi connectivity index (χ0n) is 27.5. The van der Waals surface area contributed by atoms with Crippen LogP contribution in [0.4, 0.5) is 54.3 Å². The lowest BCUT2D eigenvalue weighted by Gasteiger charge is -2.24. The van der Waals surface area contributed by atoms with Crippen LogP contribution in [0.5, 0.6) is 0 Å². The predicted octanol–water partition coefficient (Wildman–Crippen LogP) is 7.08. The van der Waals surface area contributed by atoms with Crippen molar-refractivity contribution in [1.82, 2.24) is 20.2 Å². The van der Waals surface area contributed by atoms with Gasteiger partial charge in [-0.05, 0) is 81.0 Å². The van der Waals surface area contributed by atoms with Gasteiger partial charge >= 0.3 is 30.4 Å². The van der Waals surface area contributed by atoms with E-state index in [1.54, 1.807) is 11.1 Å². The molecule has 1 amide bonds. The quantitative estimate of drug-likeness (QED) is 0.174. The lowest BCUT2D eigenvalue weighted by Crippen LogP contribution is -2.38. The molecular weight excluding hydrogens is 714 g/mol. The van der Waals surface area contributed by atoms with Crippen molar-refractivity contribution in [1.29, 1.82) is 0 Å². The Morgan fingerprint density at radius 1 is 0.961 bits per heavy atom. The first kappa shape index (κ1) is 40.6. The number of carboxylic acids is 2. The third-order valence-electron chi connectivity index (χ3n) is 6.99. The highest BCUT2D eigenvalue weighted by molar-refractivity contribution is 6.32. The van der Waals surface area contributed by atoms with Crippen molar-refractivity contribution in [2.75, 3.05) is 23.7 Å². The normalized spacial score (nSPS) is 15.5. The first-order valence-corrected chi connectivity index (χ1v) is 15.6. The number of hydrogen-bond donors (Lipinski definition) is 5. The van der Waals surface area contributed by atoms with Crippen molar-refractivity contribution in [3.05, 3.63) is 70.4 Å². The second kappa shape index (κ2) is 16.9. The minimum atomic E-state index is -5.08. The van der Waals surface area contributed by atoms with Gasteiger partial charge < -0.3 is 35.8 Å². The molecule has 2 aliphatic heterocycles. The number of aliphatic carboxylic acids is 2. The van der Waals surface area contributed by atoms with Gasteiger partial charge in [0.15, 0.2) is 5.82 Å². The van der Waals surface area contributed by atoms with Crippen LogP contribution in [0.1, 0.15) is 43.9 Å². The predicted molar refractivity (Wildman–Crippen MR) is 174 cm³/mol. The van der Waals surface area contributed by atoms with Crippen LogP contribution in [0.25, 0.3) is 0 Å². The molecule has 0 saturated carbocycles. The number of nitrogens with zero attached hydrogens (tertiary/aromatic N) is 3. The average molecular weight is 749 g/mol. The van der Waals surface area contributed by atoms with Gasteiger partial charge in [0.2, 0.25) is 5.95 Å². The van der Waals surface area contributed by atoms with Crippen LogP contribution in [0, 0.1) is 0 Å². The topological polar surface area (TPSA) is 166 Å². The Hall–Kier alpha value is -4.84. The number of fused-ring (bicyclic) bond motifs is 6. The summed E-state index contributed by atoms with van der Waals surface area (Å²) in [4.78, 5) is 40.9. The molecule has 2 aromatic carbocycles. The Morgan fingerprint density at radius 2 is 1.59 bits per heavy atom. The van der Waals surface area contributed by atoms with Crippen molar-refractivity contribution >= 4 is 52.8 Å². The number of rotatable bonds is 3. The van der Waals surface area contributed by atoms with E-state index in [4.69, 9.17) is 36.1 Å². The fourth-order valence-corrected chi connectivity index (χ4v) is 4.79. The van der Waals surface area contributed by atoms with Gasteiger partial charge in [-0.2, -0.15) is 31.3 Å². The summed E-state index contributed by atoms with van der Waals surface area (Å²) in [6.45, 7) is 7.76. The number of ether oxygens (including phenoxy) is 1. The van der Waals surface area contributed by atoms with E-state index in [0.29, 0.717) is 29.9 Å². The minimum Gasteiger partial charge on any atom is -0.475 e. The summed E-state index contributed by atoms with van der Waals surface area (Å²) >= 11 is 6.39. The molecule has 278 valence electrons. The molecule has 0 aliphatic carbocycles. The molecule has 51 heavy (non-hydrogen) atoms. The monoisotopic (exact) mass is 748 g/mol. The third-order valence-corrected chi connectivity index (χ3v) is 7.26. The van der Waals surface area contributed by atoms with Crippen LogP contribution >= 0.6 is 11.6 Å². The van der Waals surface area contributed by atoms with Crippen molar-refractivity contribution in [2.24, 2.45) is 0 Å². The Morgan fingerprint density at radius 3 is 2.20 bits per heavy atom. The zero-order valence-corrected chi connectivity index (χ0v) is 28.2. The molecule has 0 unspecified atom stereocenters. The zero-order chi connectivity index (χ0) is 38.1. The van der Waals surface area contributed by atoms with Gasteiger partial charge in [0.25, 0.3) is 0 Å². The lowest BCUT2D eigenvalue weighted by atomic mass is 9.98. The van der Waals surface area contributed by atoms with E-state index in [-0.39, 0.29) is 12.1 Å². The molecule has 1 saturated heterocycles. The van der Waals surface area contributed by atoms with Gasteiger partial charge in [0, 0.05) is 37.1 Å². The molecule has 1 atom stereocenters. The van der Waals surface area contributed by atoms with Crippen LogP contribution in [-0.4, -0.2) is 80.2 Å². The molecule has 12 nitrogen and oxygen atoms in total. The Bertz CT molecular complexity index is 1680. The van der Waals surface area contributed by atoms with Gasteiger partial charge in [-0.1, -0.05) is 29.8 Å². The number of alkyl halides is 6. The molecule has 0 spiro atoms. The number of benzene rings is 2. The number of nitrogens with one attached hydrogen (secondary N) is 3. The summed E-state index contributed by atoms with van der Waals surface area (Å²) in [5, 5.41) is 25.0. The first-order chi connectivity index (χ1) is 23.6. The molecule has 1 aromatic heterocycles. The molecule has 5 N–H and O–H groups in total. The second-order valence-corrected chi connectivity index (χ2v) is 12.6. The van der Waals surface area contributed by atoms with Crippen molar-refractivity contribution in [2.45, 2.75) is 70.6 Å². The van der Waals surface area contributed by atoms with Crippen LogP contribution in [-0.2, 0) is 33.7 Å². The van der Waals surface area contributed by atoms with E-state index >= 15 is 0 Å². The fraction of sp³-hybridized carbons (Fsp3) is 0.406. The highest BCUT2D eigenvalue weighted by Gasteiger charge is 2.39. The highest BCUT2D eigenvalue weighted by atomic mass is 35.5. The molecule has 2 aliphatic rings. The van der Waals surface area contributed by atoms with E-state index < -0.39 is 29.9 Å². The SMILES string of the molecule is CC(C)(C)OC(=O)N1CC[C@H](NCc2ccc3cc2CCc2cccc(c2)Nc2ncc(Cl)c(n2)N3)C1.O=C(O)C(F)(F)F.O=C(O)C(F)(F)F. The molecular formula is C32H35ClF6N6O6. The van der Waals surface area contributed by atoms with Crippen molar-refractivity contribution < 1.29 is 55.7 Å². The Kier molecular flexibility index (Phi) is 13.5. The van der Waals surface area contributed by atoms with Crippen LogP contribution in [0.3, 0.4) is 0 Å². The maximum atomic E-state index is 12.4. The highest BCUT2D eigenvalue weighted by Crippen LogP contribution is 2.28. The summed E-state index contributed by atoms with van der Waals surface area (Å²) < 4.78 is 69.0. The molecule has 6 bridgehead atoms. The van der Waals surface area contributed by atoms with E-state index in [1.807, 2.05) is 39.0 Å². The molecule has 0 radical (unpaired) electrons. The van der Waals surface area contributed by atoms with Crippen LogP contribution < -0.4 is 16.0 Å². The van der Waals surface area contributed by atoms with Gasteiger partial charge in [-0.15, -0.1) is 0 Å². The van der Waals surface area contributed by atoms with Crippen LogP contribution in [0.2, 0.25) is 5.02 Å². The molecule has 1 fully saturated rings. The molecule has 5 rings (SSSR count). The average Bonchev–Trinajstić information content (AvgIpc) is 3.49. The summed E-state index contributed by atoms with van der Waals surface area (Å²) in [5.41, 5.74) is 5.10. The largest absolute Gasteiger partial charge is 0.490 e.